The van der Waals surface area contributed by atoms with Crippen LogP contribution in [0.2, 0.25) is 5.15 Å². The summed E-state index contributed by atoms with van der Waals surface area (Å²) in [5.74, 6) is -0.00361. The van der Waals surface area contributed by atoms with E-state index in [1.807, 2.05) is 6.92 Å². The van der Waals surface area contributed by atoms with Crippen molar-refractivity contribution in [2.45, 2.75) is 13.3 Å². The first-order valence-corrected chi connectivity index (χ1v) is 5.56. The molecular formula is C11H13ClN4O. The largest absolute Gasteiger partial charge is 0.294 e. The van der Waals surface area contributed by atoms with Crippen LogP contribution in [0.5, 0.6) is 0 Å². The zero-order chi connectivity index (χ0) is 12.6. The predicted octanol–water partition coefficient (Wildman–Crippen LogP) is 1.54. The predicted molar refractivity (Wildman–Crippen MR) is 64.2 cm³/mol. The van der Waals surface area contributed by atoms with E-state index >= 15 is 0 Å². The van der Waals surface area contributed by atoms with Crippen molar-refractivity contribution >= 4 is 17.4 Å². The van der Waals surface area contributed by atoms with Crippen molar-refractivity contribution in [2.75, 3.05) is 0 Å². The molecule has 2 rings (SSSR count). The molecule has 17 heavy (non-hydrogen) atoms. The third-order valence-corrected chi connectivity index (χ3v) is 3.11. The molecule has 0 N–H and O–H groups in total. The van der Waals surface area contributed by atoms with Gasteiger partial charge in [0.25, 0.3) is 0 Å². The highest BCUT2D eigenvalue weighted by Gasteiger charge is 2.16. The van der Waals surface area contributed by atoms with Crippen LogP contribution in [-0.4, -0.2) is 25.3 Å². The molecule has 90 valence electrons. The molecule has 0 amide bonds. The number of halogens is 1. The summed E-state index contributed by atoms with van der Waals surface area (Å²) in [5.41, 5.74) is 2.16. The van der Waals surface area contributed by atoms with Gasteiger partial charge in [0, 0.05) is 32.3 Å². The van der Waals surface area contributed by atoms with Crippen LogP contribution in [0.25, 0.3) is 0 Å². The molecule has 0 saturated heterocycles. The van der Waals surface area contributed by atoms with Gasteiger partial charge in [0.05, 0.1) is 17.5 Å². The van der Waals surface area contributed by atoms with E-state index in [9.17, 15) is 4.79 Å². The van der Waals surface area contributed by atoms with E-state index in [-0.39, 0.29) is 12.2 Å². The number of carbonyl (C=O) groups excluding carboxylic acids is 1. The number of carbonyl (C=O) groups is 1. The normalized spacial score (nSPS) is 10.8. The van der Waals surface area contributed by atoms with E-state index in [1.165, 1.54) is 0 Å². The van der Waals surface area contributed by atoms with Gasteiger partial charge in [-0.15, -0.1) is 0 Å². The molecule has 0 aromatic carbocycles. The van der Waals surface area contributed by atoms with Gasteiger partial charge in [0.1, 0.15) is 5.15 Å². The maximum atomic E-state index is 12.0. The fourth-order valence-electron chi connectivity index (χ4n) is 1.70. The van der Waals surface area contributed by atoms with Crippen LogP contribution in [0.15, 0.2) is 12.4 Å². The molecule has 0 radical (unpaired) electrons. The van der Waals surface area contributed by atoms with Crippen molar-refractivity contribution in [2.24, 2.45) is 14.1 Å². The Hall–Kier alpha value is -1.62. The molecule has 6 heteroatoms. The van der Waals surface area contributed by atoms with Gasteiger partial charge in [0.15, 0.2) is 5.78 Å². The maximum absolute atomic E-state index is 12.0. The monoisotopic (exact) mass is 252 g/mol. The Kier molecular flexibility index (Phi) is 3.02. The van der Waals surface area contributed by atoms with Crippen LogP contribution >= 0.6 is 11.6 Å². The topological polar surface area (TPSA) is 52.7 Å². The highest BCUT2D eigenvalue weighted by atomic mass is 35.5. The zero-order valence-corrected chi connectivity index (χ0v) is 10.7. The first-order chi connectivity index (χ1) is 7.99. The molecule has 0 aliphatic rings. The van der Waals surface area contributed by atoms with Gasteiger partial charge in [-0.25, -0.2) is 0 Å². The summed E-state index contributed by atoms with van der Waals surface area (Å²) in [5, 5.41) is 8.66. The first-order valence-electron chi connectivity index (χ1n) is 5.19. The van der Waals surface area contributed by atoms with Crippen molar-refractivity contribution in [1.29, 1.82) is 0 Å². The molecule has 2 heterocycles. The van der Waals surface area contributed by atoms with E-state index in [1.54, 1.807) is 35.9 Å². The lowest BCUT2D eigenvalue weighted by Crippen LogP contribution is -2.03. The third kappa shape index (κ3) is 2.24. The summed E-state index contributed by atoms with van der Waals surface area (Å²) >= 11 is 6.08. The Morgan fingerprint density at radius 3 is 2.65 bits per heavy atom. The van der Waals surface area contributed by atoms with E-state index in [4.69, 9.17) is 11.6 Å². The van der Waals surface area contributed by atoms with Crippen molar-refractivity contribution < 1.29 is 4.79 Å². The number of rotatable bonds is 3. The minimum Gasteiger partial charge on any atom is -0.294 e. The lowest BCUT2D eigenvalue weighted by molar-refractivity contribution is 0.0992. The smallest absolute Gasteiger partial charge is 0.170 e. The van der Waals surface area contributed by atoms with Crippen LogP contribution in [0, 0.1) is 6.92 Å². The van der Waals surface area contributed by atoms with Gasteiger partial charge in [-0.1, -0.05) is 11.6 Å². The van der Waals surface area contributed by atoms with E-state index in [2.05, 4.69) is 10.2 Å². The van der Waals surface area contributed by atoms with E-state index in [0.29, 0.717) is 10.7 Å². The van der Waals surface area contributed by atoms with Crippen LogP contribution < -0.4 is 0 Å². The summed E-state index contributed by atoms with van der Waals surface area (Å²) in [6.45, 7) is 1.84. The second-order valence-electron chi connectivity index (χ2n) is 3.98. The Bertz CT molecular complexity index is 570. The molecule has 0 unspecified atom stereocenters. The molecule has 0 aliphatic carbocycles. The maximum Gasteiger partial charge on any atom is 0.170 e. The molecule has 0 fully saturated rings. The van der Waals surface area contributed by atoms with Crippen molar-refractivity contribution in [3.8, 4) is 0 Å². The van der Waals surface area contributed by atoms with Gasteiger partial charge in [-0.2, -0.15) is 10.2 Å². The summed E-state index contributed by atoms with van der Waals surface area (Å²) in [6, 6.07) is 0. The first kappa shape index (κ1) is 11.9. The third-order valence-electron chi connectivity index (χ3n) is 2.63. The quantitative estimate of drug-likeness (QED) is 0.779. The van der Waals surface area contributed by atoms with Gasteiger partial charge >= 0.3 is 0 Å². The van der Waals surface area contributed by atoms with Crippen LogP contribution in [0.3, 0.4) is 0 Å². The second kappa shape index (κ2) is 4.33. The van der Waals surface area contributed by atoms with Gasteiger partial charge in [-0.05, 0) is 6.92 Å². The van der Waals surface area contributed by atoms with Crippen LogP contribution in [-0.2, 0) is 20.5 Å². The molecule has 0 aliphatic heterocycles. The van der Waals surface area contributed by atoms with Gasteiger partial charge < -0.3 is 0 Å². The molecule has 0 bridgehead atoms. The van der Waals surface area contributed by atoms with E-state index in [0.717, 1.165) is 11.3 Å². The van der Waals surface area contributed by atoms with Gasteiger partial charge in [-0.3, -0.25) is 14.2 Å². The molecule has 5 nitrogen and oxygen atoms in total. The minimum absolute atomic E-state index is 0.00361. The highest BCUT2D eigenvalue weighted by molar-refractivity contribution is 6.30. The summed E-state index contributed by atoms with van der Waals surface area (Å²) < 4.78 is 3.17. The van der Waals surface area contributed by atoms with Crippen molar-refractivity contribution in [1.82, 2.24) is 19.6 Å². The number of hydrogen-bond acceptors (Lipinski definition) is 3. The van der Waals surface area contributed by atoms with Crippen molar-refractivity contribution in [3.63, 3.8) is 0 Å². The summed E-state index contributed by atoms with van der Waals surface area (Å²) in [7, 11) is 3.53. The SMILES string of the molecule is Cc1nn(C)c(Cl)c1CC(=O)c1cnn(C)c1. The molecule has 0 atom stereocenters. The number of ketones is 1. The lowest BCUT2D eigenvalue weighted by atomic mass is 10.1. The standard InChI is InChI=1S/C11H13ClN4O/c1-7-9(11(12)16(3)14-7)4-10(17)8-5-13-15(2)6-8/h5-6H,4H2,1-3H3. The Morgan fingerprint density at radius 2 is 2.18 bits per heavy atom. The number of hydrogen-bond donors (Lipinski definition) is 0. The average molecular weight is 253 g/mol. The number of aryl methyl sites for hydroxylation is 3. The summed E-state index contributed by atoms with van der Waals surface area (Å²) in [6.07, 6.45) is 3.51. The Morgan fingerprint density at radius 1 is 1.47 bits per heavy atom. The Balaban J connectivity index is 2.24. The zero-order valence-electron chi connectivity index (χ0n) is 9.94. The van der Waals surface area contributed by atoms with Crippen LogP contribution in [0.4, 0.5) is 0 Å². The summed E-state index contributed by atoms with van der Waals surface area (Å²) in [4.78, 5) is 12.0. The number of nitrogens with zero attached hydrogens (tertiary/aromatic N) is 4. The minimum atomic E-state index is -0.00361. The average Bonchev–Trinajstić information content (AvgIpc) is 2.79. The number of aromatic nitrogens is 4. The lowest BCUT2D eigenvalue weighted by Gasteiger charge is -1.98. The Labute approximate surface area is 104 Å². The fourth-order valence-corrected chi connectivity index (χ4v) is 1.94. The fraction of sp³-hybridized carbons (Fsp3) is 0.364. The molecular weight excluding hydrogens is 240 g/mol. The van der Waals surface area contributed by atoms with E-state index < -0.39 is 0 Å². The highest BCUT2D eigenvalue weighted by Crippen LogP contribution is 2.20. The number of Topliss-reactive ketones (excluding diaryl/α,β-unsaturated/α-hetero) is 1. The van der Waals surface area contributed by atoms with Crippen molar-refractivity contribution in [3.05, 3.63) is 34.4 Å². The molecule has 2 aromatic heterocycles. The second-order valence-corrected chi connectivity index (χ2v) is 4.34. The molecule has 2 aromatic rings. The molecule has 0 spiro atoms. The van der Waals surface area contributed by atoms with Gasteiger partial charge in [0.2, 0.25) is 0 Å². The van der Waals surface area contributed by atoms with Crippen LogP contribution in [0.1, 0.15) is 21.6 Å². The molecule has 0 saturated carbocycles.